The first-order chi connectivity index (χ1) is 16.1. The Bertz CT molecular complexity index is 1240. The first-order valence-corrected chi connectivity index (χ1v) is 11.2. The number of nitrogens with zero attached hydrogens (tertiary/aromatic N) is 3. The van der Waals surface area contributed by atoms with Gasteiger partial charge in [0.2, 0.25) is 0 Å². The van der Waals surface area contributed by atoms with Crippen LogP contribution in [0.2, 0.25) is 0 Å². The van der Waals surface area contributed by atoms with Crippen LogP contribution >= 0.6 is 0 Å². The summed E-state index contributed by atoms with van der Waals surface area (Å²) < 4.78 is 4.36. The van der Waals surface area contributed by atoms with E-state index in [4.69, 9.17) is 0 Å². The maximum Gasteiger partial charge on any atom is 0.389 e. The molecule has 0 atom stereocenters. The summed E-state index contributed by atoms with van der Waals surface area (Å²) in [4.78, 5) is 29.8. The van der Waals surface area contributed by atoms with Crippen molar-refractivity contribution in [2.24, 2.45) is 0 Å². The minimum atomic E-state index is -0.239. The monoisotopic (exact) mass is 437 g/mol. The molecule has 2 aliphatic heterocycles. The lowest BCUT2D eigenvalue weighted by Gasteiger charge is -2.29. The summed E-state index contributed by atoms with van der Waals surface area (Å²) in [5, 5.41) is 2.89. The third-order valence-electron chi connectivity index (χ3n) is 5.83. The Morgan fingerprint density at radius 3 is 2.18 bits per heavy atom. The molecule has 164 valence electrons. The zero-order chi connectivity index (χ0) is 22.8. The number of hydrogen-bond donors (Lipinski definition) is 1. The Labute approximate surface area is 192 Å². The second kappa shape index (κ2) is 8.77. The largest absolute Gasteiger partial charge is 0.389 e. The van der Waals surface area contributed by atoms with Crippen LogP contribution in [0.15, 0.2) is 78.9 Å². The van der Waals surface area contributed by atoms with E-state index in [1.165, 1.54) is 0 Å². The number of anilines is 2. The van der Waals surface area contributed by atoms with E-state index in [1.54, 1.807) is 6.07 Å². The highest BCUT2D eigenvalue weighted by molar-refractivity contribution is 6.56. The Morgan fingerprint density at radius 1 is 0.939 bits per heavy atom. The Hall–Kier alpha value is -4.15. The molecular formula is C27H25N4O2+. The molecule has 0 aliphatic carbocycles. The molecule has 2 heterocycles. The van der Waals surface area contributed by atoms with E-state index in [1.807, 2.05) is 82.6 Å². The zero-order valence-electron chi connectivity index (χ0n) is 18.5. The van der Waals surface area contributed by atoms with Gasteiger partial charge in [0, 0.05) is 25.1 Å². The fraction of sp³-hybridized carbons (Fsp3) is 0.185. The van der Waals surface area contributed by atoms with Gasteiger partial charge in [0.15, 0.2) is 0 Å². The number of hydrogen-bond acceptors (Lipinski definition) is 3. The average molecular weight is 438 g/mol. The number of fused-ring (bicyclic) bond motifs is 3. The number of benzene rings is 3. The highest BCUT2D eigenvalue weighted by atomic mass is 16.2. The SMILES string of the molecule is CCCC1=[N+]=C2C(=O)Nc3cc(C(=O)N(Cc4ccccc4)Cc4ccccc4)ccc3N12. The first-order valence-electron chi connectivity index (χ1n) is 11.2. The van der Waals surface area contributed by atoms with Gasteiger partial charge in [-0.2, -0.15) is 4.90 Å². The maximum absolute atomic E-state index is 13.6. The quantitative estimate of drug-likeness (QED) is 0.569. The molecule has 6 heteroatoms. The van der Waals surface area contributed by atoms with Crippen LogP contribution in [-0.2, 0) is 17.9 Å². The van der Waals surface area contributed by atoms with Gasteiger partial charge in [-0.3, -0.25) is 9.59 Å². The molecule has 6 nitrogen and oxygen atoms in total. The van der Waals surface area contributed by atoms with Crippen LogP contribution in [0.5, 0.6) is 0 Å². The van der Waals surface area contributed by atoms with Crippen LogP contribution in [-0.4, -0.2) is 28.4 Å². The fourth-order valence-electron chi connectivity index (χ4n) is 4.23. The van der Waals surface area contributed by atoms with Gasteiger partial charge in [-0.15, -0.1) is 0 Å². The lowest BCUT2D eigenvalue weighted by Crippen LogP contribution is -2.56. The van der Waals surface area contributed by atoms with Crippen LogP contribution in [0.3, 0.4) is 0 Å². The van der Waals surface area contributed by atoms with Crippen molar-refractivity contribution >= 4 is 34.9 Å². The molecule has 0 radical (unpaired) electrons. The minimum Gasteiger partial charge on any atom is -0.330 e. The number of amidine groups is 2. The summed E-state index contributed by atoms with van der Waals surface area (Å²) in [6.07, 6.45) is 1.75. The van der Waals surface area contributed by atoms with Crippen molar-refractivity contribution in [2.75, 3.05) is 10.2 Å². The van der Waals surface area contributed by atoms with Crippen molar-refractivity contribution in [3.63, 3.8) is 0 Å². The van der Waals surface area contributed by atoms with Crippen LogP contribution in [0, 0.1) is 0 Å². The molecule has 0 aromatic heterocycles. The van der Waals surface area contributed by atoms with E-state index in [0.717, 1.165) is 35.5 Å². The van der Waals surface area contributed by atoms with Crippen molar-refractivity contribution in [1.82, 2.24) is 9.57 Å². The summed E-state index contributed by atoms with van der Waals surface area (Å²) in [6.45, 7) is 3.08. The second-order valence-corrected chi connectivity index (χ2v) is 8.26. The Balaban J connectivity index is 1.44. The van der Waals surface area contributed by atoms with Crippen molar-refractivity contribution < 1.29 is 9.59 Å². The predicted octanol–water partition coefficient (Wildman–Crippen LogP) is 3.97. The molecule has 3 aromatic carbocycles. The zero-order valence-corrected chi connectivity index (χ0v) is 18.5. The molecule has 0 spiro atoms. The van der Waals surface area contributed by atoms with E-state index in [-0.39, 0.29) is 11.8 Å². The maximum atomic E-state index is 13.6. The summed E-state index contributed by atoms with van der Waals surface area (Å²) in [5.41, 5.74) is 4.16. The van der Waals surface area contributed by atoms with Crippen molar-refractivity contribution in [2.45, 2.75) is 32.9 Å². The van der Waals surface area contributed by atoms with Gasteiger partial charge in [-0.25, -0.2) is 4.67 Å². The van der Waals surface area contributed by atoms with Gasteiger partial charge in [0.05, 0.1) is 5.69 Å². The van der Waals surface area contributed by atoms with Crippen LogP contribution in [0.1, 0.15) is 41.3 Å². The molecule has 33 heavy (non-hydrogen) atoms. The lowest BCUT2D eigenvalue weighted by atomic mass is 10.1. The van der Waals surface area contributed by atoms with Crippen LogP contribution in [0.4, 0.5) is 11.4 Å². The highest BCUT2D eigenvalue weighted by Crippen LogP contribution is 2.33. The Kier molecular flexibility index (Phi) is 5.51. The molecule has 0 fully saturated rings. The molecule has 3 aromatic rings. The van der Waals surface area contributed by atoms with E-state index in [9.17, 15) is 9.59 Å². The van der Waals surface area contributed by atoms with Gasteiger partial charge in [0.1, 0.15) is 5.69 Å². The molecule has 2 amide bonds. The van der Waals surface area contributed by atoms with Gasteiger partial charge < -0.3 is 10.2 Å². The lowest BCUT2D eigenvalue weighted by molar-refractivity contribution is -0.110. The smallest absolute Gasteiger partial charge is 0.330 e. The highest BCUT2D eigenvalue weighted by Gasteiger charge is 2.45. The molecule has 2 aliphatic rings. The van der Waals surface area contributed by atoms with Gasteiger partial charge in [0.25, 0.3) is 5.91 Å². The van der Waals surface area contributed by atoms with E-state index in [2.05, 4.69) is 16.9 Å². The summed E-state index contributed by atoms with van der Waals surface area (Å²) in [7, 11) is 0. The first kappa shape index (κ1) is 20.7. The third kappa shape index (κ3) is 4.04. The van der Waals surface area contributed by atoms with Crippen LogP contribution in [0.25, 0.3) is 0 Å². The third-order valence-corrected chi connectivity index (χ3v) is 5.83. The van der Waals surface area contributed by atoms with Gasteiger partial charge >= 0.3 is 17.6 Å². The molecule has 0 saturated heterocycles. The van der Waals surface area contributed by atoms with Crippen molar-refractivity contribution in [3.05, 3.63) is 95.6 Å². The number of carbonyl (C=O) groups excluding carboxylic acids is 2. The second-order valence-electron chi connectivity index (χ2n) is 8.26. The van der Waals surface area contributed by atoms with Crippen LogP contribution < -0.4 is 14.9 Å². The number of carbonyl (C=O) groups is 2. The number of amides is 2. The molecule has 0 unspecified atom stereocenters. The van der Waals surface area contributed by atoms with Gasteiger partial charge in [-0.1, -0.05) is 67.6 Å². The number of nitrogens with one attached hydrogen (secondary N) is 1. The van der Waals surface area contributed by atoms with Gasteiger partial charge in [-0.05, 0) is 35.7 Å². The van der Waals surface area contributed by atoms with Crippen molar-refractivity contribution in [3.8, 4) is 0 Å². The predicted molar refractivity (Wildman–Crippen MR) is 131 cm³/mol. The topological polar surface area (TPSA) is 66.8 Å². The fourth-order valence-corrected chi connectivity index (χ4v) is 4.23. The van der Waals surface area contributed by atoms with E-state index in [0.29, 0.717) is 30.2 Å². The minimum absolute atomic E-state index is 0.0828. The van der Waals surface area contributed by atoms with E-state index >= 15 is 0 Å². The standard InChI is InChI=1S/C27H24N4O2/c1-2-9-24-29-25-26(32)28-22-16-21(14-15-23(22)31(24)25)27(33)30(17-19-10-5-3-6-11-19)18-20-12-7-4-8-13-20/h3-8,10-16H,2,9,17-18H2,1H3/p+1. The molecule has 5 rings (SSSR count). The number of rotatable bonds is 7. The van der Waals surface area contributed by atoms with E-state index < -0.39 is 0 Å². The van der Waals surface area contributed by atoms with Crippen molar-refractivity contribution in [1.29, 1.82) is 0 Å². The summed E-state index contributed by atoms with van der Waals surface area (Å²) in [6, 6.07) is 25.4. The molecular weight excluding hydrogens is 412 g/mol. The molecule has 1 N–H and O–H groups in total. The summed E-state index contributed by atoms with van der Waals surface area (Å²) in [5.74, 6) is 0.982. The summed E-state index contributed by atoms with van der Waals surface area (Å²) >= 11 is 0. The molecule has 0 saturated carbocycles. The molecule has 0 bridgehead atoms. The average Bonchev–Trinajstić information content (AvgIpc) is 2.82. The Morgan fingerprint density at radius 2 is 1.58 bits per heavy atom. The normalized spacial score (nSPS) is 13.7.